The molecule has 8 heteroatoms. The van der Waals surface area contributed by atoms with Crippen LogP contribution in [0.2, 0.25) is 5.02 Å². The van der Waals surface area contributed by atoms with Gasteiger partial charge < -0.3 is 0 Å². The molecule has 0 amide bonds. The van der Waals surface area contributed by atoms with Crippen LogP contribution in [-0.4, -0.2) is 11.3 Å². The van der Waals surface area contributed by atoms with Gasteiger partial charge in [-0.1, -0.05) is 24.6 Å². The fraction of sp³-hybridized carbons (Fsp3) is 0.375. The second-order valence-corrected chi connectivity index (χ2v) is 8.82. The summed E-state index contributed by atoms with van der Waals surface area (Å²) in [5, 5.41) is 0.128. The van der Waals surface area contributed by atoms with Gasteiger partial charge in [0.2, 0.25) is 0 Å². The number of nitrogens with one attached hydrogen (secondary N) is 2. The molecule has 2 unspecified atom stereocenters. The first-order valence-corrected chi connectivity index (χ1v) is 10.7. The van der Waals surface area contributed by atoms with Gasteiger partial charge >= 0.3 is 0 Å². The van der Waals surface area contributed by atoms with Crippen LogP contribution in [0.4, 0.5) is 4.39 Å². The van der Waals surface area contributed by atoms with Gasteiger partial charge in [0.25, 0.3) is 0 Å². The molecule has 2 rings (SSSR count). The third-order valence-corrected chi connectivity index (χ3v) is 7.10. The van der Waals surface area contributed by atoms with Crippen molar-refractivity contribution >= 4 is 50.0 Å². The quantitative estimate of drug-likeness (QED) is 0.585. The molecule has 0 saturated heterocycles. The lowest BCUT2D eigenvalue weighted by atomic mass is 10.0. The lowest BCUT2D eigenvalue weighted by molar-refractivity contribution is 0.591. The fourth-order valence-electron chi connectivity index (χ4n) is 2.29. The van der Waals surface area contributed by atoms with Crippen molar-refractivity contribution in [3.05, 3.63) is 54.9 Å². The van der Waals surface area contributed by atoms with Gasteiger partial charge in [0, 0.05) is 14.2 Å². The van der Waals surface area contributed by atoms with Crippen LogP contribution in [0.15, 0.2) is 28.7 Å². The fourth-order valence-corrected chi connectivity index (χ4v) is 5.19. The largest absolute Gasteiger partial charge is 0.228 e. The van der Waals surface area contributed by atoms with E-state index in [0.717, 1.165) is 27.8 Å². The predicted octanol–water partition coefficient (Wildman–Crippen LogP) is 4.93. The van der Waals surface area contributed by atoms with Crippen molar-refractivity contribution in [3.8, 4) is 0 Å². The molecule has 2 aromatic rings. The Balaban J connectivity index is 2.15. The molecule has 0 aliphatic rings. The highest BCUT2D eigenvalue weighted by molar-refractivity contribution is 9.10. The van der Waals surface area contributed by atoms with Gasteiger partial charge in [-0.15, -0.1) is 11.3 Å². The molecular weight excluding hydrogens is 435 g/mol. The minimum atomic E-state index is -1.32. The normalized spacial score (nSPS) is 13.9. The van der Waals surface area contributed by atoms with E-state index in [2.05, 4.69) is 38.4 Å². The predicted molar refractivity (Wildman–Crippen MR) is 104 cm³/mol. The molecule has 0 bridgehead atoms. The van der Waals surface area contributed by atoms with Crippen LogP contribution in [-0.2, 0) is 24.0 Å². The van der Waals surface area contributed by atoms with Crippen LogP contribution in [0.5, 0.6) is 0 Å². The van der Waals surface area contributed by atoms with E-state index in [4.69, 9.17) is 11.6 Å². The summed E-state index contributed by atoms with van der Waals surface area (Å²) in [6.45, 7) is 2.11. The molecule has 0 fully saturated rings. The average Bonchev–Trinajstić information content (AvgIpc) is 2.95. The lowest BCUT2D eigenvalue weighted by Crippen LogP contribution is -2.31. The Kier molecular flexibility index (Phi) is 7.84. The topological polar surface area (TPSA) is 41.1 Å². The standard InChI is InChI=1S/C16H19BrClFN2OS2/c1-3-15-11(17)9-16(23-15)14(21-24(22)20-2)7-5-10-4-6-13(19)12(18)8-10/h4,6,8-9,14,20-21H,3,5,7H2,1-2H3. The van der Waals surface area contributed by atoms with Gasteiger partial charge in [-0.3, -0.25) is 0 Å². The molecule has 132 valence electrons. The van der Waals surface area contributed by atoms with Gasteiger partial charge in [0.1, 0.15) is 5.82 Å². The van der Waals surface area contributed by atoms with Crippen LogP contribution in [0.3, 0.4) is 0 Å². The van der Waals surface area contributed by atoms with E-state index in [1.54, 1.807) is 30.5 Å². The molecule has 0 aliphatic heterocycles. The summed E-state index contributed by atoms with van der Waals surface area (Å²) in [4.78, 5) is 2.38. The zero-order valence-corrected chi connectivity index (χ0v) is 17.3. The van der Waals surface area contributed by atoms with Crippen molar-refractivity contribution in [2.24, 2.45) is 0 Å². The summed E-state index contributed by atoms with van der Waals surface area (Å²) in [6.07, 6.45) is 2.38. The third kappa shape index (κ3) is 5.34. The molecule has 0 spiro atoms. The van der Waals surface area contributed by atoms with Crippen LogP contribution in [0, 0.1) is 5.82 Å². The first-order chi connectivity index (χ1) is 11.4. The number of aryl methyl sites for hydroxylation is 2. The summed E-state index contributed by atoms with van der Waals surface area (Å²) >= 11 is 9.80. The summed E-state index contributed by atoms with van der Waals surface area (Å²) in [6, 6.07) is 6.76. The van der Waals surface area contributed by atoms with E-state index >= 15 is 0 Å². The maximum Gasteiger partial charge on any atom is 0.167 e. The van der Waals surface area contributed by atoms with E-state index in [1.807, 2.05) is 0 Å². The first-order valence-electron chi connectivity index (χ1n) is 7.52. The number of thiophene rings is 1. The van der Waals surface area contributed by atoms with Crippen LogP contribution >= 0.6 is 38.9 Å². The molecule has 1 heterocycles. The molecular formula is C16H19BrClFN2OS2. The van der Waals surface area contributed by atoms with E-state index in [-0.39, 0.29) is 11.1 Å². The smallest absolute Gasteiger partial charge is 0.167 e. The zero-order valence-electron chi connectivity index (χ0n) is 13.4. The van der Waals surface area contributed by atoms with Crippen LogP contribution in [0.25, 0.3) is 0 Å². The third-order valence-electron chi connectivity index (χ3n) is 3.58. The van der Waals surface area contributed by atoms with Crippen molar-refractivity contribution in [3.63, 3.8) is 0 Å². The minimum Gasteiger partial charge on any atom is -0.228 e. The maximum absolute atomic E-state index is 13.3. The summed E-state index contributed by atoms with van der Waals surface area (Å²) in [5.41, 5.74) is 0.953. The van der Waals surface area contributed by atoms with E-state index < -0.39 is 17.0 Å². The van der Waals surface area contributed by atoms with Crippen molar-refractivity contribution in [2.75, 3.05) is 7.05 Å². The second-order valence-electron chi connectivity index (χ2n) is 5.20. The number of rotatable bonds is 8. The average molecular weight is 454 g/mol. The summed E-state index contributed by atoms with van der Waals surface area (Å²) in [5.74, 6) is -0.416. The van der Waals surface area contributed by atoms with E-state index in [0.29, 0.717) is 6.42 Å². The molecule has 1 aromatic heterocycles. The molecule has 2 N–H and O–H groups in total. The highest BCUT2D eigenvalue weighted by atomic mass is 79.9. The molecule has 0 radical (unpaired) electrons. The Morgan fingerprint density at radius 1 is 1.42 bits per heavy atom. The monoisotopic (exact) mass is 452 g/mol. The van der Waals surface area contributed by atoms with Gasteiger partial charge in [-0.25, -0.2) is 18.0 Å². The Morgan fingerprint density at radius 3 is 2.75 bits per heavy atom. The van der Waals surface area contributed by atoms with Crippen LogP contribution < -0.4 is 9.44 Å². The number of halogens is 3. The Labute approximate surface area is 161 Å². The number of hydrogen-bond donors (Lipinski definition) is 2. The minimum absolute atomic E-state index is 0.0660. The maximum atomic E-state index is 13.3. The van der Waals surface area contributed by atoms with E-state index in [9.17, 15) is 8.60 Å². The van der Waals surface area contributed by atoms with Crippen molar-refractivity contribution in [2.45, 2.75) is 32.2 Å². The lowest BCUT2D eigenvalue weighted by Gasteiger charge is -2.16. The SMILES string of the molecule is CCc1sc(C(CCc2ccc(F)c(Cl)c2)NS(=O)NC)cc1Br. The summed E-state index contributed by atoms with van der Waals surface area (Å²) < 4.78 is 32.0. The Bertz CT molecular complexity index is 726. The van der Waals surface area contributed by atoms with Gasteiger partial charge in [0.15, 0.2) is 11.2 Å². The Morgan fingerprint density at radius 2 is 2.17 bits per heavy atom. The molecule has 3 nitrogen and oxygen atoms in total. The first kappa shape index (κ1) is 20.0. The van der Waals surface area contributed by atoms with Crippen molar-refractivity contribution < 1.29 is 8.60 Å². The molecule has 0 aliphatic carbocycles. The molecule has 0 saturated carbocycles. The second kappa shape index (κ2) is 9.40. The highest BCUT2D eigenvalue weighted by Crippen LogP contribution is 2.34. The van der Waals surface area contributed by atoms with Crippen LogP contribution in [0.1, 0.15) is 34.7 Å². The molecule has 24 heavy (non-hydrogen) atoms. The molecule has 2 atom stereocenters. The Hall–Kier alpha value is -0.310. The number of hydrogen-bond acceptors (Lipinski definition) is 2. The van der Waals surface area contributed by atoms with Gasteiger partial charge in [0.05, 0.1) is 11.1 Å². The van der Waals surface area contributed by atoms with Gasteiger partial charge in [-0.05, 0) is 66.0 Å². The zero-order chi connectivity index (χ0) is 17.7. The number of benzene rings is 1. The van der Waals surface area contributed by atoms with Crippen molar-refractivity contribution in [1.82, 2.24) is 9.44 Å². The molecule has 1 aromatic carbocycles. The van der Waals surface area contributed by atoms with Crippen molar-refractivity contribution in [1.29, 1.82) is 0 Å². The van der Waals surface area contributed by atoms with Gasteiger partial charge in [-0.2, -0.15) is 0 Å². The van der Waals surface area contributed by atoms with E-state index in [1.165, 1.54) is 10.9 Å². The highest BCUT2D eigenvalue weighted by Gasteiger charge is 2.18. The summed E-state index contributed by atoms with van der Waals surface area (Å²) in [7, 11) is 1.64.